The van der Waals surface area contributed by atoms with E-state index in [1.807, 2.05) is 24.3 Å². The topological polar surface area (TPSA) is 42.1 Å². The molecule has 1 heterocycles. The van der Waals surface area contributed by atoms with Gasteiger partial charge in [-0.1, -0.05) is 24.3 Å². The zero-order valence-electron chi connectivity index (χ0n) is 11.5. The molecule has 21 heavy (non-hydrogen) atoms. The molecule has 0 amide bonds. The minimum absolute atomic E-state index is 0.142. The smallest absolute Gasteiger partial charge is 0.205 e. The number of rotatable bonds is 4. The number of hydrogen-bond donors (Lipinski definition) is 1. The first-order chi connectivity index (χ1) is 10.1. The van der Waals surface area contributed by atoms with Crippen LogP contribution in [0.5, 0.6) is 5.75 Å². The number of carbonyl (C=O) groups excluding carboxylic acids is 1. The molecule has 0 saturated heterocycles. The SMILES string of the molecule is C[C@@H](Oc1cccc(F)c1)C(=O)c1c[nH]c2ccccc12. The fourth-order valence-corrected chi connectivity index (χ4v) is 2.29. The first-order valence-electron chi connectivity index (χ1n) is 6.68. The largest absolute Gasteiger partial charge is 0.482 e. The maximum Gasteiger partial charge on any atom is 0.205 e. The average molecular weight is 283 g/mol. The van der Waals surface area contributed by atoms with Gasteiger partial charge >= 0.3 is 0 Å². The minimum Gasteiger partial charge on any atom is -0.482 e. The van der Waals surface area contributed by atoms with Crippen molar-refractivity contribution in [2.75, 3.05) is 0 Å². The van der Waals surface area contributed by atoms with Gasteiger partial charge in [-0.15, -0.1) is 0 Å². The Labute approximate surface area is 121 Å². The molecular formula is C17H14FNO2. The number of ether oxygens (including phenoxy) is 1. The average Bonchev–Trinajstić information content (AvgIpc) is 2.90. The molecule has 0 aliphatic rings. The van der Waals surface area contributed by atoms with E-state index in [1.165, 1.54) is 12.1 Å². The lowest BCUT2D eigenvalue weighted by molar-refractivity contribution is 0.0819. The van der Waals surface area contributed by atoms with E-state index in [0.717, 1.165) is 10.9 Å². The van der Waals surface area contributed by atoms with Gasteiger partial charge in [0.15, 0.2) is 6.10 Å². The number of aromatic amines is 1. The van der Waals surface area contributed by atoms with Crippen molar-refractivity contribution >= 4 is 16.7 Å². The lowest BCUT2D eigenvalue weighted by Crippen LogP contribution is -2.23. The number of ketones is 1. The Bertz CT molecular complexity index is 794. The number of H-pyrrole nitrogens is 1. The highest BCUT2D eigenvalue weighted by Crippen LogP contribution is 2.21. The molecule has 0 spiro atoms. The molecule has 0 aliphatic heterocycles. The number of fused-ring (bicyclic) bond motifs is 1. The lowest BCUT2D eigenvalue weighted by atomic mass is 10.1. The maximum atomic E-state index is 13.1. The summed E-state index contributed by atoms with van der Waals surface area (Å²) in [7, 11) is 0. The van der Waals surface area contributed by atoms with E-state index in [4.69, 9.17) is 4.74 Å². The third-order valence-corrected chi connectivity index (χ3v) is 3.33. The summed E-state index contributed by atoms with van der Waals surface area (Å²) in [6.45, 7) is 1.66. The fraction of sp³-hybridized carbons (Fsp3) is 0.118. The van der Waals surface area contributed by atoms with Crippen LogP contribution in [0.2, 0.25) is 0 Å². The van der Waals surface area contributed by atoms with Crippen LogP contribution in [0.3, 0.4) is 0 Å². The van der Waals surface area contributed by atoms with Gasteiger partial charge in [0.25, 0.3) is 0 Å². The van der Waals surface area contributed by atoms with E-state index < -0.39 is 6.10 Å². The second-order valence-electron chi connectivity index (χ2n) is 4.83. The number of hydrogen-bond acceptors (Lipinski definition) is 2. The van der Waals surface area contributed by atoms with Gasteiger partial charge in [0.2, 0.25) is 5.78 Å². The van der Waals surface area contributed by atoms with Crippen molar-refractivity contribution in [2.24, 2.45) is 0 Å². The van der Waals surface area contributed by atoms with E-state index in [0.29, 0.717) is 11.3 Å². The van der Waals surface area contributed by atoms with Crippen molar-refractivity contribution in [2.45, 2.75) is 13.0 Å². The number of para-hydroxylation sites is 1. The van der Waals surface area contributed by atoms with E-state index >= 15 is 0 Å². The molecule has 3 rings (SSSR count). The molecule has 0 radical (unpaired) electrons. The molecule has 1 aromatic heterocycles. The van der Waals surface area contributed by atoms with Gasteiger partial charge in [0, 0.05) is 28.7 Å². The van der Waals surface area contributed by atoms with Crippen molar-refractivity contribution in [3.8, 4) is 5.75 Å². The van der Waals surface area contributed by atoms with E-state index in [-0.39, 0.29) is 11.6 Å². The summed E-state index contributed by atoms with van der Waals surface area (Å²) in [5.74, 6) is -0.188. The predicted molar refractivity (Wildman–Crippen MR) is 79.1 cm³/mol. The second kappa shape index (κ2) is 5.40. The molecule has 1 atom stereocenters. The Balaban J connectivity index is 1.84. The zero-order chi connectivity index (χ0) is 14.8. The van der Waals surface area contributed by atoms with Crippen LogP contribution in [0.25, 0.3) is 10.9 Å². The second-order valence-corrected chi connectivity index (χ2v) is 4.83. The van der Waals surface area contributed by atoms with Crippen LogP contribution in [-0.4, -0.2) is 16.9 Å². The third kappa shape index (κ3) is 2.65. The summed E-state index contributed by atoms with van der Waals surface area (Å²) in [4.78, 5) is 15.5. The van der Waals surface area contributed by atoms with E-state index in [2.05, 4.69) is 4.98 Å². The third-order valence-electron chi connectivity index (χ3n) is 3.33. The Morgan fingerprint density at radius 3 is 2.81 bits per heavy atom. The van der Waals surface area contributed by atoms with Crippen LogP contribution >= 0.6 is 0 Å². The standard InChI is InChI=1S/C17H14FNO2/c1-11(21-13-6-4-5-12(18)9-13)17(20)15-10-19-16-8-3-2-7-14(15)16/h2-11,19H,1H3/t11-/m1/s1. The molecule has 1 N–H and O–H groups in total. The molecule has 0 fully saturated rings. The number of benzene rings is 2. The van der Waals surface area contributed by atoms with Crippen molar-refractivity contribution in [3.05, 3.63) is 66.1 Å². The van der Waals surface area contributed by atoms with Crippen LogP contribution in [-0.2, 0) is 0 Å². The monoisotopic (exact) mass is 283 g/mol. The highest BCUT2D eigenvalue weighted by Gasteiger charge is 2.20. The van der Waals surface area contributed by atoms with E-state index in [1.54, 1.807) is 25.3 Å². The first-order valence-corrected chi connectivity index (χ1v) is 6.68. The first kappa shape index (κ1) is 13.4. The van der Waals surface area contributed by atoms with Crippen LogP contribution in [0.4, 0.5) is 4.39 Å². The van der Waals surface area contributed by atoms with Crippen molar-refractivity contribution < 1.29 is 13.9 Å². The summed E-state index contributed by atoms with van der Waals surface area (Å²) in [6.07, 6.45) is 0.990. The van der Waals surface area contributed by atoms with Gasteiger partial charge in [-0.25, -0.2) is 4.39 Å². The van der Waals surface area contributed by atoms with E-state index in [9.17, 15) is 9.18 Å². The normalized spacial score (nSPS) is 12.3. The van der Waals surface area contributed by atoms with Crippen LogP contribution in [0.15, 0.2) is 54.7 Å². The zero-order valence-corrected chi connectivity index (χ0v) is 11.5. The molecule has 3 nitrogen and oxygen atoms in total. The highest BCUT2D eigenvalue weighted by molar-refractivity contribution is 6.09. The van der Waals surface area contributed by atoms with Crippen molar-refractivity contribution in [1.29, 1.82) is 0 Å². The quantitative estimate of drug-likeness (QED) is 0.736. The summed E-state index contributed by atoms with van der Waals surface area (Å²) >= 11 is 0. The van der Waals surface area contributed by atoms with Crippen LogP contribution in [0.1, 0.15) is 17.3 Å². The molecule has 0 aliphatic carbocycles. The highest BCUT2D eigenvalue weighted by atomic mass is 19.1. The number of carbonyl (C=O) groups is 1. The Hall–Kier alpha value is -2.62. The Kier molecular flexibility index (Phi) is 3.44. The number of nitrogens with one attached hydrogen (secondary N) is 1. The molecule has 106 valence electrons. The van der Waals surface area contributed by atoms with Crippen LogP contribution in [0, 0.1) is 5.82 Å². The van der Waals surface area contributed by atoms with Gasteiger partial charge in [0.05, 0.1) is 0 Å². The van der Waals surface area contributed by atoms with Crippen molar-refractivity contribution in [3.63, 3.8) is 0 Å². The van der Waals surface area contributed by atoms with Gasteiger partial charge in [-0.05, 0) is 25.1 Å². The maximum absolute atomic E-state index is 13.1. The molecule has 4 heteroatoms. The predicted octanol–water partition coefficient (Wildman–Crippen LogP) is 3.96. The fourth-order valence-electron chi connectivity index (χ4n) is 2.29. The van der Waals surface area contributed by atoms with Gasteiger partial charge < -0.3 is 9.72 Å². The van der Waals surface area contributed by atoms with Crippen molar-refractivity contribution in [1.82, 2.24) is 4.98 Å². The number of Topliss-reactive ketones (excluding diaryl/α,β-unsaturated/α-hetero) is 1. The summed E-state index contributed by atoms with van der Waals surface area (Å²) in [5, 5.41) is 0.859. The Morgan fingerprint density at radius 1 is 1.19 bits per heavy atom. The number of halogens is 1. The summed E-state index contributed by atoms with van der Waals surface area (Å²) < 4.78 is 18.7. The van der Waals surface area contributed by atoms with Crippen LogP contribution < -0.4 is 4.74 Å². The molecule has 3 aromatic rings. The minimum atomic E-state index is -0.689. The molecule has 0 saturated carbocycles. The molecule has 0 unspecified atom stereocenters. The van der Waals surface area contributed by atoms with Gasteiger partial charge in [-0.2, -0.15) is 0 Å². The molecule has 0 bridgehead atoms. The Morgan fingerprint density at radius 2 is 2.00 bits per heavy atom. The van der Waals surface area contributed by atoms with Gasteiger partial charge in [-0.3, -0.25) is 4.79 Å². The summed E-state index contributed by atoms with van der Waals surface area (Å²) in [5.41, 5.74) is 1.48. The molecule has 2 aromatic carbocycles. The lowest BCUT2D eigenvalue weighted by Gasteiger charge is -2.13. The molecular weight excluding hydrogens is 269 g/mol. The number of aromatic nitrogens is 1. The van der Waals surface area contributed by atoms with Gasteiger partial charge in [0.1, 0.15) is 11.6 Å². The summed E-state index contributed by atoms with van der Waals surface area (Å²) in [6, 6.07) is 13.3.